The Kier molecular flexibility index (Phi) is 9.28. The van der Waals surface area contributed by atoms with Crippen LogP contribution in [0.2, 0.25) is 0 Å². The lowest BCUT2D eigenvalue weighted by molar-refractivity contribution is -0.159. The molecule has 0 saturated carbocycles. The van der Waals surface area contributed by atoms with Gasteiger partial charge in [-0.25, -0.2) is 4.79 Å². The number of alkyl halides is 3. The Labute approximate surface area is 191 Å². The number of ether oxygens (including phenoxy) is 3. The van der Waals surface area contributed by atoms with Gasteiger partial charge in [-0.3, -0.25) is 4.79 Å². The fourth-order valence-electron chi connectivity index (χ4n) is 3.11. The maximum atomic E-state index is 12.8. The largest absolute Gasteiger partial charge is 0.496 e. The molecule has 180 valence electrons. The third kappa shape index (κ3) is 7.78. The van der Waals surface area contributed by atoms with E-state index in [2.05, 4.69) is 5.32 Å². The van der Waals surface area contributed by atoms with E-state index in [9.17, 15) is 22.8 Å². The van der Waals surface area contributed by atoms with E-state index in [0.29, 0.717) is 16.9 Å². The summed E-state index contributed by atoms with van der Waals surface area (Å²) in [5.41, 5.74) is 0.647. The smallest absolute Gasteiger partial charge is 0.416 e. The van der Waals surface area contributed by atoms with Crippen molar-refractivity contribution in [2.45, 2.75) is 52.1 Å². The van der Waals surface area contributed by atoms with Gasteiger partial charge in [0.1, 0.15) is 5.75 Å². The first-order valence-corrected chi connectivity index (χ1v) is 10.5. The molecule has 0 aliphatic rings. The Bertz CT molecular complexity index is 942. The van der Waals surface area contributed by atoms with Crippen molar-refractivity contribution in [3.05, 3.63) is 64.7 Å². The van der Waals surface area contributed by atoms with Crippen molar-refractivity contribution in [3.8, 4) is 5.75 Å². The van der Waals surface area contributed by atoms with Crippen molar-refractivity contribution >= 4 is 11.9 Å². The molecule has 2 aromatic carbocycles. The summed E-state index contributed by atoms with van der Waals surface area (Å²) in [4.78, 5) is 25.0. The minimum Gasteiger partial charge on any atom is -0.496 e. The van der Waals surface area contributed by atoms with Gasteiger partial charge < -0.3 is 19.5 Å². The number of esters is 1. The highest BCUT2D eigenvalue weighted by Crippen LogP contribution is 2.29. The van der Waals surface area contributed by atoms with Gasteiger partial charge in [0.05, 0.1) is 30.9 Å². The fraction of sp³-hybridized carbons (Fsp3) is 0.417. The van der Waals surface area contributed by atoms with Gasteiger partial charge in [0, 0.05) is 13.0 Å². The normalized spacial score (nSPS) is 12.4. The molecule has 0 spiro atoms. The zero-order valence-corrected chi connectivity index (χ0v) is 19.0. The summed E-state index contributed by atoms with van der Waals surface area (Å²) in [7, 11) is 1.42. The van der Waals surface area contributed by atoms with E-state index in [4.69, 9.17) is 14.2 Å². The lowest BCUT2D eigenvalue weighted by Gasteiger charge is -2.19. The van der Waals surface area contributed by atoms with Gasteiger partial charge in [0.25, 0.3) is 5.91 Å². The number of nitrogens with one attached hydrogen (secondary N) is 1. The zero-order chi connectivity index (χ0) is 24.6. The van der Waals surface area contributed by atoms with Crippen LogP contribution < -0.4 is 10.1 Å². The van der Waals surface area contributed by atoms with Gasteiger partial charge in [-0.15, -0.1) is 0 Å². The molecule has 1 amide bonds. The van der Waals surface area contributed by atoms with Gasteiger partial charge in [-0.2, -0.15) is 13.2 Å². The average molecular weight is 467 g/mol. The van der Waals surface area contributed by atoms with Crippen molar-refractivity contribution in [2.24, 2.45) is 0 Å². The molecule has 33 heavy (non-hydrogen) atoms. The predicted molar refractivity (Wildman–Crippen MR) is 116 cm³/mol. The molecule has 0 fully saturated rings. The second kappa shape index (κ2) is 11.7. The summed E-state index contributed by atoms with van der Waals surface area (Å²) >= 11 is 0. The summed E-state index contributed by atoms with van der Waals surface area (Å²) < 4.78 is 54.2. The lowest BCUT2D eigenvalue weighted by Crippen LogP contribution is -2.31. The topological polar surface area (TPSA) is 73.9 Å². The first-order chi connectivity index (χ1) is 15.5. The van der Waals surface area contributed by atoms with Gasteiger partial charge in [0.15, 0.2) is 6.10 Å². The second-order valence-corrected chi connectivity index (χ2v) is 7.54. The third-order valence-corrected chi connectivity index (χ3v) is 4.65. The molecule has 2 aromatic rings. The summed E-state index contributed by atoms with van der Waals surface area (Å²) in [5.74, 6) is -0.637. The number of benzene rings is 2. The van der Waals surface area contributed by atoms with Gasteiger partial charge in [-0.1, -0.05) is 18.2 Å². The van der Waals surface area contributed by atoms with E-state index in [0.717, 1.165) is 12.1 Å². The van der Waals surface area contributed by atoms with E-state index < -0.39 is 29.7 Å². The Balaban J connectivity index is 2.15. The molecule has 0 aromatic heterocycles. The number of hydrogen-bond acceptors (Lipinski definition) is 5. The van der Waals surface area contributed by atoms with E-state index in [1.165, 1.54) is 19.2 Å². The van der Waals surface area contributed by atoms with Crippen LogP contribution in [-0.2, 0) is 33.4 Å². The molecular weight excluding hydrogens is 439 g/mol. The highest BCUT2D eigenvalue weighted by atomic mass is 19.4. The molecule has 2 rings (SSSR count). The maximum Gasteiger partial charge on any atom is 0.416 e. The van der Waals surface area contributed by atoms with E-state index in [1.807, 2.05) is 0 Å². The van der Waals surface area contributed by atoms with E-state index in [-0.39, 0.29) is 31.2 Å². The summed E-state index contributed by atoms with van der Waals surface area (Å²) in [6, 6.07) is 9.48. The van der Waals surface area contributed by atoms with Crippen LogP contribution in [0, 0.1) is 0 Å². The number of methoxy groups -OCH3 is 1. The minimum atomic E-state index is -4.42. The third-order valence-electron chi connectivity index (χ3n) is 4.65. The van der Waals surface area contributed by atoms with Crippen molar-refractivity contribution in [3.63, 3.8) is 0 Å². The molecule has 6 nitrogen and oxygen atoms in total. The standard InChI is InChI=1S/C24H28F3NO5/c1-5-32-23(30)21(33-15(2)3)13-17-8-11-20(31-4)19(12-17)22(29)28-14-16-6-9-18(10-7-16)24(25,26)27/h6-12,15,21H,5,13-14H2,1-4H3,(H,28,29). The maximum absolute atomic E-state index is 12.8. The van der Waals surface area contributed by atoms with Crippen molar-refractivity contribution in [1.82, 2.24) is 5.32 Å². The Morgan fingerprint density at radius 3 is 2.21 bits per heavy atom. The van der Waals surface area contributed by atoms with Crippen LogP contribution in [0.1, 0.15) is 47.8 Å². The van der Waals surface area contributed by atoms with Crippen LogP contribution in [0.15, 0.2) is 42.5 Å². The van der Waals surface area contributed by atoms with Gasteiger partial charge >= 0.3 is 12.1 Å². The van der Waals surface area contributed by atoms with Crippen LogP contribution in [0.4, 0.5) is 13.2 Å². The zero-order valence-electron chi connectivity index (χ0n) is 19.0. The van der Waals surface area contributed by atoms with Crippen LogP contribution in [-0.4, -0.2) is 37.8 Å². The number of halogens is 3. The van der Waals surface area contributed by atoms with Crippen LogP contribution in [0.25, 0.3) is 0 Å². The molecule has 9 heteroatoms. The first kappa shape index (κ1) is 26.2. The molecule has 0 radical (unpaired) electrons. The van der Waals surface area contributed by atoms with Crippen molar-refractivity contribution < 1.29 is 37.0 Å². The monoisotopic (exact) mass is 467 g/mol. The van der Waals surface area contributed by atoms with E-state index >= 15 is 0 Å². The first-order valence-electron chi connectivity index (χ1n) is 10.5. The summed E-state index contributed by atoms with van der Waals surface area (Å²) in [6.45, 7) is 5.57. The SMILES string of the molecule is CCOC(=O)C(Cc1ccc(OC)c(C(=O)NCc2ccc(C(F)(F)F)cc2)c1)OC(C)C. The Morgan fingerprint density at radius 1 is 1.03 bits per heavy atom. The van der Waals surface area contributed by atoms with Gasteiger partial charge in [-0.05, 0) is 56.2 Å². The average Bonchev–Trinajstić information content (AvgIpc) is 2.76. The lowest BCUT2D eigenvalue weighted by atomic mass is 10.0. The molecule has 0 aliphatic heterocycles. The molecule has 0 saturated heterocycles. The molecular formula is C24H28F3NO5. The predicted octanol–water partition coefficient (Wildman–Crippen LogP) is 4.54. The molecule has 0 aliphatic carbocycles. The van der Waals surface area contributed by atoms with E-state index in [1.54, 1.807) is 39.0 Å². The van der Waals surface area contributed by atoms with Crippen molar-refractivity contribution in [1.29, 1.82) is 0 Å². The molecule has 1 atom stereocenters. The number of carbonyl (C=O) groups is 2. The van der Waals surface area contributed by atoms with Crippen LogP contribution >= 0.6 is 0 Å². The Morgan fingerprint density at radius 2 is 1.67 bits per heavy atom. The molecule has 1 N–H and O–H groups in total. The summed E-state index contributed by atoms with van der Waals surface area (Å²) in [6.07, 6.45) is -5.26. The molecule has 1 unspecified atom stereocenters. The fourth-order valence-corrected chi connectivity index (χ4v) is 3.11. The number of rotatable bonds is 10. The molecule has 0 heterocycles. The molecule has 0 bridgehead atoms. The quantitative estimate of drug-likeness (QED) is 0.520. The second-order valence-electron chi connectivity index (χ2n) is 7.54. The highest BCUT2D eigenvalue weighted by molar-refractivity contribution is 5.97. The number of hydrogen-bond donors (Lipinski definition) is 1. The summed E-state index contributed by atoms with van der Waals surface area (Å²) in [5, 5.41) is 2.68. The number of amides is 1. The number of carbonyl (C=O) groups excluding carboxylic acids is 2. The van der Waals surface area contributed by atoms with Crippen LogP contribution in [0.3, 0.4) is 0 Å². The Hall–Kier alpha value is -3.07. The minimum absolute atomic E-state index is 0.0340. The van der Waals surface area contributed by atoms with Crippen LogP contribution in [0.5, 0.6) is 5.75 Å². The van der Waals surface area contributed by atoms with Crippen molar-refractivity contribution in [2.75, 3.05) is 13.7 Å². The highest BCUT2D eigenvalue weighted by Gasteiger charge is 2.30. The van der Waals surface area contributed by atoms with Gasteiger partial charge in [0.2, 0.25) is 0 Å².